The van der Waals surface area contributed by atoms with Crippen molar-refractivity contribution >= 4 is 11.6 Å². The molecule has 4 N–H and O–H groups in total. The Labute approximate surface area is 67.0 Å². The molecule has 5 heteroatoms. The summed E-state index contributed by atoms with van der Waals surface area (Å²) in [5.74, 6) is -3.57. The van der Waals surface area contributed by atoms with Gasteiger partial charge in [0.25, 0.3) is 5.91 Å². The van der Waals surface area contributed by atoms with Gasteiger partial charge >= 0.3 is 0 Å². The lowest BCUT2D eigenvalue weighted by atomic mass is 10.2. The van der Waals surface area contributed by atoms with Gasteiger partial charge in [-0.1, -0.05) is 0 Å². The molecule has 0 radical (unpaired) electrons. The summed E-state index contributed by atoms with van der Waals surface area (Å²) in [7, 11) is 0. The number of halogens is 2. The molecule has 0 heterocycles. The van der Waals surface area contributed by atoms with E-state index in [-0.39, 0.29) is 5.69 Å². The van der Waals surface area contributed by atoms with Crippen LogP contribution in [0.5, 0.6) is 0 Å². The van der Waals surface area contributed by atoms with Gasteiger partial charge in [0.05, 0.1) is 11.3 Å². The lowest BCUT2D eigenvalue weighted by molar-refractivity contribution is 0.0995. The first kappa shape index (κ1) is 8.45. The van der Waals surface area contributed by atoms with Crippen molar-refractivity contribution in [1.82, 2.24) is 0 Å². The van der Waals surface area contributed by atoms with Gasteiger partial charge in [0, 0.05) is 0 Å². The molecule has 0 aliphatic rings. The second-order valence-electron chi connectivity index (χ2n) is 2.19. The molecule has 0 bridgehead atoms. The highest BCUT2D eigenvalue weighted by molar-refractivity contribution is 5.93. The molecule has 64 valence electrons. The fourth-order valence-corrected chi connectivity index (χ4v) is 0.755. The van der Waals surface area contributed by atoms with Crippen LogP contribution in [0.1, 0.15) is 10.4 Å². The minimum absolute atomic E-state index is 0.350. The average molecular weight is 172 g/mol. The standard InChI is InChI=1S/C7H6F2N2O/c8-5-3(7(11)12)1-2-4(10)6(5)9/h1-2H,10H2,(H2,11,12). The lowest BCUT2D eigenvalue weighted by Crippen LogP contribution is -2.14. The molecule has 0 spiro atoms. The van der Waals surface area contributed by atoms with E-state index in [1.807, 2.05) is 0 Å². The quantitative estimate of drug-likeness (QED) is 0.610. The first-order valence-corrected chi connectivity index (χ1v) is 3.07. The van der Waals surface area contributed by atoms with Gasteiger partial charge in [-0.3, -0.25) is 4.79 Å². The number of hydrogen-bond acceptors (Lipinski definition) is 2. The number of primary amides is 1. The molecule has 0 aliphatic carbocycles. The number of carbonyl (C=O) groups excluding carboxylic acids is 1. The summed E-state index contributed by atoms with van der Waals surface area (Å²) in [5, 5.41) is 0. The third kappa shape index (κ3) is 1.20. The summed E-state index contributed by atoms with van der Waals surface area (Å²) >= 11 is 0. The van der Waals surface area contributed by atoms with E-state index in [9.17, 15) is 13.6 Å². The van der Waals surface area contributed by atoms with E-state index in [4.69, 9.17) is 11.5 Å². The van der Waals surface area contributed by atoms with E-state index in [0.29, 0.717) is 0 Å². The summed E-state index contributed by atoms with van der Waals surface area (Å²) in [4.78, 5) is 10.5. The van der Waals surface area contributed by atoms with E-state index >= 15 is 0 Å². The molecule has 3 nitrogen and oxygen atoms in total. The smallest absolute Gasteiger partial charge is 0.251 e. The maximum Gasteiger partial charge on any atom is 0.251 e. The maximum absolute atomic E-state index is 12.8. The van der Waals surface area contributed by atoms with Gasteiger partial charge < -0.3 is 11.5 Å². The van der Waals surface area contributed by atoms with Gasteiger partial charge in [0.2, 0.25) is 0 Å². The SMILES string of the molecule is NC(=O)c1ccc(N)c(F)c1F. The van der Waals surface area contributed by atoms with E-state index < -0.39 is 23.1 Å². The Morgan fingerprint density at radius 1 is 1.25 bits per heavy atom. The van der Waals surface area contributed by atoms with E-state index in [0.717, 1.165) is 12.1 Å². The fraction of sp³-hybridized carbons (Fsp3) is 0. The topological polar surface area (TPSA) is 69.1 Å². The van der Waals surface area contributed by atoms with Crippen LogP contribution in [-0.2, 0) is 0 Å². The molecule has 0 saturated heterocycles. The maximum atomic E-state index is 12.8. The predicted molar refractivity (Wildman–Crippen MR) is 39.3 cm³/mol. The van der Waals surface area contributed by atoms with Crippen LogP contribution in [0.4, 0.5) is 14.5 Å². The number of nitrogens with two attached hydrogens (primary N) is 2. The Morgan fingerprint density at radius 2 is 1.83 bits per heavy atom. The fourth-order valence-electron chi connectivity index (χ4n) is 0.755. The molecule has 0 unspecified atom stereocenters. The van der Waals surface area contributed by atoms with Crippen LogP contribution in [0, 0.1) is 11.6 Å². The van der Waals surface area contributed by atoms with Crippen molar-refractivity contribution in [2.24, 2.45) is 5.73 Å². The number of rotatable bonds is 1. The molecule has 12 heavy (non-hydrogen) atoms. The normalized spacial score (nSPS) is 9.83. The largest absolute Gasteiger partial charge is 0.396 e. The second kappa shape index (κ2) is 2.77. The van der Waals surface area contributed by atoms with Crippen LogP contribution >= 0.6 is 0 Å². The molecule has 0 atom stereocenters. The van der Waals surface area contributed by atoms with Crippen molar-refractivity contribution in [1.29, 1.82) is 0 Å². The van der Waals surface area contributed by atoms with Crippen molar-refractivity contribution in [2.75, 3.05) is 5.73 Å². The molecule has 0 aliphatic heterocycles. The summed E-state index contributed by atoms with van der Waals surface area (Å²) < 4.78 is 25.4. The molecule has 1 rings (SSSR count). The van der Waals surface area contributed by atoms with Gasteiger partial charge in [-0.05, 0) is 12.1 Å². The molecule has 0 saturated carbocycles. The van der Waals surface area contributed by atoms with Gasteiger partial charge in [0.1, 0.15) is 0 Å². The van der Waals surface area contributed by atoms with Crippen molar-refractivity contribution in [3.63, 3.8) is 0 Å². The summed E-state index contributed by atoms with van der Waals surface area (Å²) in [6, 6.07) is 2.12. The molecular formula is C7H6F2N2O. The Hall–Kier alpha value is -1.65. The molecule has 0 aromatic heterocycles. The third-order valence-electron chi connectivity index (χ3n) is 1.38. The Morgan fingerprint density at radius 3 is 2.33 bits per heavy atom. The summed E-state index contributed by atoms with van der Waals surface area (Å²) in [6.45, 7) is 0. The van der Waals surface area contributed by atoms with E-state index in [1.54, 1.807) is 0 Å². The highest BCUT2D eigenvalue weighted by Gasteiger charge is 2.14. The highest BCUT2D eigenvalue weighted by atomic mass is 19.2. The van der Waals surface area contributed by atoms with Crippen molar-refractivity contribution in [3.05, 3.63) is 29.3 Å². The Bertz CT molecular complexity index is 338. The van der Waals surface area contributed by atoms with E-state index in [2.05, 4.69) is 0 Å². The second-order valence-corrected chi connectivity index (χ2v) is 2.19. The zero-order valence-electron chi connectivity index (χ0n) is 5.97. The summed E-state index contributed by atoms with van der Waals surface area (Å²) in [5.41, 5.74) is 8.92. The van der Waals surface area contributed by atoms with Crippen LogP contribution < -0.4 is 11.5 Å². The van der Waals surface area contributed by atoms with E-state index in [1.165, 1.54) is 0 Å². The monoisotopic (exact) mass is 172 g/mol. The minimum Gasteiger partial charge on any atom is -0.396 e. The van der Waals surface area contributed by atoms with Crippen LogP contribution in [0.2, 0.25) is 0 Å². The summed E-state index contributed by atoms with van der Waals surface area (Å²) in [6.07, 6.45) is 0. The van der Waals surface area contributed by atoms with Crippen LogP contribution in [0.15, 0.2) is 12.1 Å². The first-order chi connectivity index (χ1) is 5.54. The Kier molecular flexibility index (Phi) is 1.95. The number of anilines is 1. The van der Waals surface area contributed by atoms with Crippen molar-refractivity contribution in [3.8, 4) is 0 Å². The molecule has 1 amide bonds. The zero-order chi connectivity index (χ0) is 9.30. The van der Waals surface area contributed by atoms with Crippen LogP contribution in [0.25, 0.3) is 0 Å². The predicted octanol–water partition coefficient (Wildman–Crippen LogP) is 0.646. The third-order valence-corrected chi connectivity index (χ3v) is 1.38. The van der Waals surface area contributed by atoms with Crippen LogP contribution in [-0.4, -0.2) is 5.91 Å². The molecule has 0 fully saturated rings. The Balaban J connectivity index is 3.36. The highest BCUT2D eigenvalue weighted by Crippen LogP contribution is 2.16. The first-order valence-electron chi connectivity index (χ1n) is 3.07. The van der Waals surface area contributed by atoms with Gasteiger partial charge in [-0.25, -0.2) is 8.78 Å². The number of amides is 1. The molecule has 1 aromatic rings. The van der Waals surface area contributed by atoms with Gasteiger partial charge in [-0.2, -0.15) is 0 Å². The number of nitrogen functional groups attached to an aromatic ring is 1. The number of carbonyl (C=O) groups is 1. The minimum atomic E-state index is -1.30. The number of benzene rings is 1. The van der Waals surface area contributed by atoms with Gasteiger partial charge in [0.15, 0.2) is 11.6 Å². The molecular weight excluding hydrogens is 166 g/mol. The lowest BCUT2D eigenvalue weighted by Gasteiger charge is -2.01. The van der Waals surface area contributed by atoms with Crippen molar-refractivity contribution in [2.45, 2.75) is 0 Å². The van der Waals surface area contributed by atoms with Crippen LogP contribution in [0.3, 0.4) is 0 Å². The zero-order valence-corrected chi connectivity index (χ0v) is 5.97. The van der Waals surface area contributed by atoms with Gasteiger partial charge in [-0.15, -0.1) is 0 Å². The average Bonchev–Trinajstić information content (AvgIpc) is 2.00. The van der Waals surface area contributed by atoms with Crippen molar-refractivity contribution < 1.29 is 13.6 Å². The molecule has 1 aromatic carbocycles. The number of hydrogen-bond donors (Lipinski definition) is 2.